The summed E-state index contributed by atoms with van der Waals surface area (Å²) < 4.78 is 2.43. The summed E-state index contributed by atoms with van der Waals surface area (Å²) in [5.41, 5.74) is 14.3. The predicted octanol–water partition coefficient (Wildman–Crippen LogP) is 6.43. The third kappa shape index (κ3) is 2.46. The number of benzene rings is 6. The molecule has 0 saturated carbocycles. The zero-order chi connectivity index (χ0) is 25.1. The molecule has 38 heavy (non-hydrogen) atoms. The predicted molar refractivity (Wildman–Crippen MR) is 161 cm³/mol. The van der Waals surface area contributed by atoms with Crippen molar-refractivity contribution in [3.05, 3.63) is 114 Å². The van der Waals surface area contributed by atoms with Gasteiger partial charge in [0, 0.05) is 16.6 Å². The number of nitrogens with zero attached hydrogens (tertiary/aromatic N) is 2. The molecule has 6 aromatic carbocycles. The Hall–Kier alpha value is -4.63. The van der Waals surface area contributed by atoms with Crippen LogP contribution in [0.15, 0.2) is 103 Å². The van der Waals surface area contributed by atoms with Gasteiger partial charge in [-0.25, -0.2) is 4.98 Å². The van der Waals surface area contributed by atoms with Gasteiger partial charge < -0.3 is 0 Å². The van der Waals surface area contributed by atoms with Crippen molar-refractivity contribution in [2.24, 2.45) is 0 Å². The number of rotatable bonds is 1. The minimum Gasteiger partial charge on any atom is -0.293 e. The zero-order valence-electron chi connectivity index (χ0n) is 21.3. The van der Waals surface area contributed by atoms with E-state index in [1.54, 1.807) is 0 Å². The van der Waals surface area contributed by atoms with Gasteiger partial charge >= 0.3 is 0 Å². The van der Waals surface area contributed by atoms with Crippen LogP contribution in [0.2, 0.25) is 0 Å². The summed E-state index contributed by atoms with van der Waals surface area (Å²) in [6, 6.07) is 38.2. The van der Waals surface area contributed by atoms with Crippen LogP contribution < -0.4 is 16.4 Å². The normalized spacial score (nSPS) is 12.9. The lowest BCUT2D eigenvalue weighted by Crippen LogP contribution is -2.53. The fraction of sp³-hybridized carbons (Fsp3) is 0.0571. The molecule has 3 heterocycles. The third-order valence-electron chi connectivity index (χ3n) is 8.86. The van der Waals surface area contributed by atoms with E-state index in [-0.39, 0.29) is 6.71 Å². The second-order valence-electron chi connectivity index (χ2n) is 10.9. The van der Waals surface area contributed by atoms with Gasteiger partial charge in [0.2, 0.25) is 6.71 Å². The van der Waals surface area contributed by atoms with Crippen LogP contribution in [-0.2, 0) is 0 Å². The summed E-state index contributed by atoms with van der Waals surface area (Å²) in [5.74, 6) is 1.01. The maximum Gasteiger partial charge on any atom is 0.248 e. The summed E-state index contributed by atoms with van der Waals surface area (Å²) in [6.45, 7) is 4.62. The fourth-order valence-electron chi connectivity index (χ4n) is 7.02. The molecule has 2 nitrogen and oxygen atoms in total. The first-order valence-electron chi connectivity index (χ1n) is 13.4. The van der Waals surface area contributed by atoms with Crippen molar-refractivity contribution in [2.75, 3.05) is 0 Å². The molecule has 0 radical (unpaired) electrons. The summed E-state index contributed by atoms with van der Waals surface area (Å²) in [5, 5.41) is 5.10. The van der Waals surface area contributed by atoms with Crippen LogP contribution in [0.1, 0.15) is 11.1 Å². The Morgan fingerprint density at radius 3 is 2.21 bits per heavy atom. The second-order valence-corrected chi connectivity index (χ2v) is 10.9. The molecule has 0 N–H and O–H groups in total. The maximum absolute atomic E-state index is 5.36. The topological polar surface area (TPSA) is 17.8 Å². The highest BCUT2D eigenvalue weighted by molar-refractivity contribution is 7.01. The van der Waals surface area contributed by atoms with Gasteiger partial charge in [-0.1, -0.05) is 96.5 Å². The van der Waals surface area contributed by atoms with Gasteiger partial charge in [0.25, 0.3) is 0 Å². The smallest absolute Gasteiger partial charge is 0.248 e. The molecule has 2 aliphatic heterocycles. The first-order chi connectivity index (χ1) is 18.7. The quantitative estimate of drug-likeness (QED) is 0.247. The van der Waals surface area contributed by atoms with E-state index in [9.17, 15) is 0 Å². The molecule has 0 amide bonds. The maximum atomic E-state index is 5.36. The van der Waals surface area contributed by atoms with Crippen LogP contribution in [0.5, 0.6) is 0 Å². The van der Waals surface area contributed by atoms with Gasteiger partial charge in [0.15, 0.2) is 0 Å². The van der Waals surface area contributed by atoms with Crippen molar-refractivity contribution >= 4 is 55.7 Å². The lowest BCUT2D eigenvalue weighted by molar-refractivity contribution is 1.11. The third-order valence-corrected chi connectivity index (χ3v) is 8.86. The Morgan fingerprint density at radius 2 is 1.37 bits per heavy atom. The Labute approximate surface area is 221 Å². The second kappa shape index (κ2) is 7.02. The molecular formula is C35H23BN2. The molecule has 3 heteroatoms. The zero-order valence-corrected chi connectivity index (χ0v) is 21.3. The van der Waals surface area contributed by atoms with Gasteiger partial charge in [-0.05, 0) is 75.3 Å². The van der Waals surface area contributed by atoms with Crippen LogP contribution in [0.25, 0.3) is 60.8 Å². The van der Waals surface area contributed by atoms with E-state index in [0.29, 0.717) is 0 Å². The van der Waals surface area contributed by atoms with Gasteiger partial charge in [0.05, 0.1) is 11.0 Å². The molecular weight excluding hydrogens is 459 g/mol. The molecule has 0 unspecified atom stereocenters. The molecule has 0 fully saturated rings. The average molecular weight is 482 g/mol. The van der Waals surface area contributed by atoms with Crippen LogP contribution in [0.3, 0.4) is 0 Å². The van der Waals surface area contributed by atoms with E-state index < -0.39 is 0 Å². The van der Waals surface area contributed by atoms with Crippen LogP contribution >= 0.6 is 0 Å². The van der Waals surface area contributed by atoms with Crippen LogP contribution in [-0.4, -0.2) is 16.3 Å². The first kappa shape index (κ1) is 20.4. The van der Waals surface area contributed by atoms with E-state index in [4.69, 9.17) is 4.98 Å². The molecule has 9 rings (SSSR count). The number of hydrogen-bond acceptors (Lipinski definition) is 1. The van der Waals surface area contributed by atoms with E-state index in [1.165, 1.54) is 71.4 Å². The molecule has 7 aromatic rings. The van der Waals surface area contributed by atoms with Gasteiger partial charge in [-0.2, -0.15) is 0 Å². The minimum atomic E-state index is 0.196. The van der Waals surface area contributed by atoms with Crippen LogP contribution in [0.4, 0.5) is 0 Å². The van der Waals surface area contributed by atoms with Crippen molar-refractivity contribution in [3.63, 3.8) is 0 Å². The Bertz CT molecular complexity index is 2150. The number of fused-ring (bicyclic) bond motifs is 8. The van der Waals surface area contributed by atoms with Crippen molar-refractivity contribution in [2.45, 2.75) is 13.8 Å². The molecule has 0 spiro atoms. The Balaban J connectivity index is 1.47. The molecule has 2 aliphatic rings. The fourth-order valence-corrected chi connectivity index (χ4v) is 7.02. The number of hydrogen-bond donors (Lipinski definition) is 0. The van der Waals surface area contributed by atoms with Crippen molar-refractivity contribution < 1.29 is 0 Å². The standard InChI is InChI=1S/C35H23BN2/c1-20-15-24-17-28-27-13-8-14-31-32(27)36(29(28)19-25(24)16-21(20)2)30-18-23-11-6-7-12-26(23)33-34(30)38(31)35(37-33)22-9-4-3-5-10-22/h3-19H,1-2H3. The lowest BCUT2D eigenvalue weighted by atomic mass is 9.37. The molecule has 0 aliphatic carbocycles. The van der Waals surface area contributed by atoms with Gasteiger partial charge in [-0.3, -0.25) is 4.57 Å². The van der Waals surface area contributed by atoms with E-state index in [0.717, 1.165) is 16.9 Å². The van der Waals surface area contributed by atoms with E-state index in [2.05, 4.69) is 122 Å². The SMILES string of the molecule is Cc1cc2cc3c(cc2cc1C)-c1cccc2c1B3c1cc3ccccc3c3nc(-c4ccccc4)n-2c13. The highest BCUT2D eigenvalue weighted by Crippen LogP contribution is 2.38. The van der Waals surface area contributed by atoms with Crippen molar-refractivity contribution in [3.8, 4) is 28.2 Å². The van der Waals surface area contributed by atoms with E-state index in [1.807, 2.05) is 0 Å². The van der Waals surface area contributed by atoms with Crippen molar-refractivity contribution in [1.29, 1.82) is 0 Å². The Morgan fingerprint density at radius 1 is 0.632 bits per heavy atom. The highest BCUT2D eigenvalue weighted by Gasteiger charge is 2.41. The summed E-state index contributed by atoms with van der Waals surface area (Å²) in [4.78, 5) is 5.36. The molecule has 0 atom stereocenters. The summed E-state index contributed by atoms with van der Waals surface area (Å²) in [7, 11) is 0. The lowest BCUT2D eigenvalue weighted by Gasteiger charge is -2.25. The average Bonchev–Trinajstić information content (AvgIpc) is 3.50. The first-order valence-corrected chi connectivity index (χ1v) is 13.4. The van der Waals surface area contributed by atoms with E-state index >= 15 is 0 Å². The number of imidazole rings is 1. The molecule has 1 aromatic heterocycles. The minimum absolute atomic E-state index is 0.196. The Kier molecular flexibility index (Phi) is 3.78. The van der Waals surface area contributed by atoms with Gasteiger partial charge in [0.1, 0.15) is 5.82 Å². The molecule has 176 valence electrons. The summed E-state index contributed by atoms with van der Waals surface area (Å²) >= 11 is 0. The number of aryl methyl sites for hydroxylation is 2. The largest absolute Gasteiger partial charge is 0.293 e. The molecule has 0 bridgehead atoms. The van der Waals surface area contributed by atoms with Gasteiger partial charge in [-0.15, -0.1) is 0 Å². The number of aromatic nitrogens is 2. The van der Waals surface area contributed by atoms with Crippen LogP contribution in [0, 0.1) is 13.8 Å². The monoisotopic (exact) mass is 482 g/mol. The summed E-state index contributed by atoms with van der Waals surface area (Å²) in [6.07, 6.45) is 0. The molecule has 0 saturated heterocycles. The highest BCUT2D eigenvalue weighted by atomic mass is 15.1. The van der Waals surface area contributed by atoms with Crippen molar-refractivity contribution in [1.82, 2.24) is 9.55 Å².